The maximum atomic E-state index is 5.57. The topological polar surface area (TPSA) is 90.7 Å². The van der Waals surface area contributed by atoms with E-state index >= 15 is 0 Å². The number of hydrogen-bond acceptors (Lipinski definition) is 6. The number of aryl methyl sites for hydroxylation is 1. The molecule has 0 spiro atoms. The molecule has 3 rings (SSSR count). The van der Waals surface area contributed by atoms with Crippen LogP contribution in [0, 0.1) is 6.92 Å². The van der Waals surface area contributed by atoms with Gasteiger partial charge in [0.1, 0.15) is 5.69 Å². The lowest BCUT2D eigenvalue weighted by Crippen LogP contribution is -1.98. The van der Waals surface area contributed by atoms with Crippen LogP contribution in [0.25, 0.3) is 23.0 Å². The number of rotatable bonds is 3. The number of nitrogens with zero attached hydrogens (tertiary/aromatic N) is 4. The molecule has 3 heterocycles. The first-order chi connectivity index (χ1) is 9.76. The molecule has 0 aromatic carbocycles. The Balaban J connectivity index is 1.97. The van der Waals surface area contributed by atoms with E-state index in [4.69, 9.17) is 10.3 Å². The molecule has 2 N–H and O–H groups in total. The van der Waals surface area contributed by atoms with Crippen molar-refractivity contribution in [3.05, 3.63) is 47.9 Å². The molecule has 100 valence electrons. The second-order valence-electron chi connectivity index (χ2n) is 4.38. The van der Waals surface area contributed by atoms with Crippen molar-refractivity contribution in [3.63, 3.8) is 0 Å². The molecule has 20 heavy (non-hydrogen) atoms. The largest absolute Gasteiger partial charge is 0.334 e. The molecule has 3 aromatic rings. The van der Waals surface area contributed by atoms with Gasteiger partial charge in [0.25, 0.3) is 5.89 Å². The highest BCUT2D eigenvalue weighted by molar-refractivity contribution is 5.57. The smallest absolute Gasteiger partial charge is 0.258 e. The van der Waals surface area contributed by atoms with Crippen molar-refractivity contribution in [3.8, 4) is 23.0 Å². The van der Waals surface area contributed by atoms with Crippen molar-refractivity contribution < 1.29 is 4.52 Å². The van der Waals surface area contributed by atoms with E-state index in [1.54, 1.807) is 18.5 Å². The van der Waals surface area contributed by atoms with Crippen molar-refractivity contribution in [1.82, 2.24) is 20.1 Å². The van der Waals surface area contributed by atoms with Gasteiger partial charge in [0, 0.05) is 24.5 Å². The van der Waals surface area contributed by atoms with E-state index in [1.807, 2.05) is 25.1 Å². The third-order valence-corrected chi connectivity index (χ3v) is 2.84. The molecule has 0 fully saturated rings. The van der Waals surface area contributed by atoms with E-state index in [0.717, 1.165) is 16.8 Å². The first kappa shape index (κ1) is 12.4. The Bertz CT molecular complexity index is 738. The average molecular weight is 267 g/mol. The van der Waals surface area contributed by atoms with Crippen LogP contribution < -0.4 is 5.73 Å². The van der Waals surface area contributed by atoms with E-state index in [2.05, 4.69) is 20.1 Å². The SMILES string of the molecule is Cc1ccnc(-c2noc(-c3ccnc(CN)c3)n2)c1. The molecule has 0 unspecified atom stereocenters. The highest BCUT2D eigenvalue weighted by Crippen LogP contribution is 2.21. The molecule has 0 amide bonds. The Morgan fingerprint density at radius 2 is 2.00 bits per heavy atom. The lowest BCUT2D eigenvalue weighted by Gasteiger charge is -1.97. The summed E-state index contributed by atoms with van der Waals surface area (Å²) in [6.07, 6.45) is 3.39. The molecular formula is C14H13N5O. The maximum Gasteiger partial charge on any atom is 0.258 e. The normalized spacial score (nSPS) is 10.7. The molecule has 0 aliphatic heterocycles. The lowest BCUT2D eigenvalue weighted by atomic mass is 10.2. The fraction of sp³-hybridized carbons (Fsp3) is 0.143. The summed E-state index contributed by atoms with van der Waals surface area (Å²) >= 11 is 0. The fourth-order valence-electron chi connectivity index (χ4n) is 1.83. The molecule has 3 aromatic heterocycles. The molecule has 0 bridgehead atoms. The minimum atomic E-state index is 0.369. The molecule has 0 radical (unpaired) electrons. The summed E-state index contributed by atoms with van der Waals surface area (Å²) in [7, 11) is 0. The van der Waals surface area contributed by atoms with E-state index < -0.39 is 0 Å². The van der Waals surface area contributed by atoms with Gasteiger partial charge in [-0.1, -0.05) is 5.16 Å². The second kappa shape index (κ2) is 5.18. The molecule has 6 nitrogen and oxygen atoms in total. The van der Waals surface area contributed by atoms with Crippen LogP contribution in [-0.2, 0) is 6.54 Å². The monoisotopic (exact) mass is 267 g/mol. The summed E-state index contributed by atoms with van der Waals surface area (Å²) < 4.78 is 5.27. The van der Waals surface area contributed by atoms with E-state index in [-0.39, 0.29) is 0 Å². The van der Waals surface area contributed by atoms with Gasteiger partial charge in [-0.3, -0.25) is 9.97 Å². The van der Waals surface area contributed by atoms with Crippen molar-refractivity contribution in [2.75, 3.05) is 0 Å². The summed E-state index contributed by atoms with van der Waals surface area (Å²) in [5.74, 6) is 0.898. The number of hydrogen-bond donors (Lipinski definition) is 1. The Hall–Kier alpha value is -2.60. The zero-order valence-electron chi connectivity index (χ0n) is 10.9. The summed E-state index contributed by atoms with van der Waals surface area (Å²) in [6, 6.07) is 7.47. The van der Waals surface area contributed by atoms with E-state index in [0.29, 0.717) is 24.0 Å². The van der Waals surface area contributed by atoms with Gasteiger partial charge in [-0.25, -0.2) is 0 Å². The number of pyridine rings is 2. The van der Waals surface area contributed by atoms with Gasteiger partial charge >= 0.3 is 0 Å². The lowest BCUT2D eigenvalue weighted by molar-refractivity contribution is 0.432. The second-order valence-corrected chi connectivity index (χ2v) is 4.38. The van der Waals surface area contributed by atoms with Gasteiger partial charge in [0.05, 0.1) is 5.69 Å². The Labute approximate surface area is 115 Å². The molecule has 0 aliphatic rings. The molecule has 6 heteroatoms. The van der Waals surface area contributed by atoms with Gasteiger partial charge in [0.2, 0.25) is 5.82 Å². The van der Waals surface area contributed by atoms with Crippen LogP contribution in [-0.4, -0.2) is 20.1 Å². The number of aromatic nitrogens is 4. The third-order valence-electron chi connectivity index (χ3n) is 2.84. The third kappa shape index (κ3) is 2.41. The Morgan fingerprint density at radius 1 is 1.15 bits per heavy atom. The van der Waals surface area contributed by atoms with Crippen molar-refractivity contribution in [2.45, 2.75) is 13.5 Å². The van der Waals surface area contributed by atoms with Gasteiger partial charge in [0.15, 0.2) is 0 Å². The van der Waals surface area contributed by atoms with Crippen LogP contribution in [0.1, 0.15) is 11.3 Å². The highest BCUT2D eigenvalue weighted by atomic mass is 16.5. The predicted molar refractivity (Wildman–Crippen MR) is 73.4 cm³/mol. The quantitative estimate of drug-likeness (QED) is 0.780. The summed E-state index contributed by atoms with van der Waals surface area (Å²) in [4.78, 5) is 12.7. The molecule has 0 saturated heterocycles. The highest BCUT2D eigenvalue weighted by Gasteiger charge is 2.12. The molecular weight excluding hydrogens is 254 g/mol. The maximum absolute atomic E-state index is 5.57. The summed E-state index contributed by atoms with van der Waals surface area (Å²) in [5.41, 5.74) is 8.92. The van der Waals surface area contributed by atoms with Gasteiger partial charge in [-0.05, 0) is 36.8 Å². The standard InChI is InChI=1S/C14H13N5O/c1-9-2-4-17-12(6-9)13-18-14(20-19-13)10-3-5-16-11(7-10)8-15/h2-7H,8,15H2,1H3. The molecule has 0 atom stereocenters. The van der Waals surface area contributed by atoms with E-state index in [9.17, 15) is 0 Å². The van der Waals surface area contributed by atoms with Crippen molar-refractivity contribution in [2.24, 2.45) is 5.73 Å². The first-order valence-corrected chi connectivity index (χ1v) is 6.18. The van der Waals surface area contributed by atoms with Crippen molar-refractivity contribution in [1.29, 1.82) is 0 Å². The van der Waals surface area contributed by atoms with Crippen LogP contribution in [0.2, 0.25) is 0 Å². The Kier molecular flexibility index (Phi) is 3.22. The zero-order valence-corrected chi connectivity index (χ0v) is 10.9. The summed E-state index contributed by atoms with van der Waals surface area (Å²) in [6.45, 7) is 2.36. The van der Waals surface area contributed by atoms with Crippen LogP contribution in [0.5, 0.6) is 0 Å². The van der Waals surface area contributed by atoms with Crippen LogP contribution >= 0.6 is 0 Å². The van der Waals surface area contributed by atoms with Gasteiger partial charge in [-0.15, -0.1) is 0 Å². The zero-order chi connectivity index (χ0) is 13.9. The fourth-order valence-corrected chi connectivity index (χ4v) is 1.83. The molecule has 0 saturated carbocycles. The Morgan fingerprint density at radius 3 is 2.80 bits per heavy atom. The van der Waals surface area contributed by atoms with Gasteiger partial charge < -0.3 is 10.3 Å². The van der Waals surface area contributed by atoms with Crippen LogP contribution in [0.3, 0.4) is 0 Å². The van der Waals surface area contributed by atoms with Crippen LogP contribution in [0.15, 0.2) is 41.2 Å². The minimum absolute atomic E-state index is 0.369. The van der Waals surface area contributed by atoms with E-state index in [1.165, 1.54) is 0 Å². The van der Waals surface area contributed by atoms with Crippen LogP contribution in [0.4, 0.5) is 0 Å². The first-order valence-electron chi connectivity index (χ1n) is 6.18. The average Bonchev–Trinajstić information content (AvgIpc) is 2.97. The van der Waals surface area contributed by atoms with Crippen molar-refractivity contribution >= 4 is 0 Å². The molecule has 0 aliphatic carbocycles. The predicted octanol–water partition coefficient (Wildman–Crippen LogP) is 1.96. The summed E-state index contributed by atoms with van der Waals surface area (Å²) in [5, 5.41) is 3.96. The van der Waals surface area contributed by atoms with Gasteiger partial charge in [-0.2, -0.15) is 4.98 Å². The minimum Gasteiger partial charge on any atom is -0.334 e. The number of nitrogens with two attached hydrogens (primary N) is 1.